The van der Waals surface area contributed by atoms with E-state index in [9.17, 15) is 0 Å². The molecule has 1 aromatic rings. The van der Waals surface area contributed by atoms with Crippen molar-refractivity contribution in [3.8, 4) is 0 Å². The molecule has 9 heavy (non-hydrogen) atoms. The Morgan fingerprint density at radius 3 is 2.56 bits per heavy atom. The summed E-state index contributed by atoms with van der Waals surface area (Å²) in [4.78, 5) is 0. The lowest BCUT2D eigenvalue weighted by Gasteiger charge is -2.01. The summed E-state index contributed by atoms with van der Waals surface area (Å²) < 4.78 is 7.33. The SMILES string of the molecule is [3H]c1cccc(C(C)C)c1. The Hall–Kier alpha value is -0.780. The number of hydrogen-bond acceptors (Lipinski definition) is 0. The Bertz CT molecular complexity index is 216. The van der Waals surface area contributed by atoms with Crippen LogP contribution in [0.1, 0.15) is 26.7 Å². The zero-order valence-corrected chi connectivity index (χ0v) is 5.89. The van der Waals surface area contributed by atoms with Crippen LogP contribution in [-0.4, -0.2) is 0 Å². The van der Waals surface area contributed by atoms with E-state index in [2.05, 4.69) is 19.9 Å². The van der Waals surface area contributed by atoms with Crippen molar-refractivity contribution in [1.29, 1.82) is 0 Å². The smallest absolute Gasteiger partial charge is 0.0622 e. The Morgan fingerprint density at radius 1 is 1.33 bits per heavy atom. The van der Waals surface area contributed by atoms with Crippen molar-refractivity contribution < 1.29 is 1.37 Å². The van der Waals surface area contributed by atoms with E-state index >= 15 is 0 Å². The molecule has 0 nitrogen and oxygen atoms in total. The molecule has 0 radical (unpaired) electrons. The minimum atomic E-state index is 0.533. The predicted octanol–water partition coefficient (Wildman–Crippen LogP) is 2.81. The molecule has 0 atom stereocenters. The number of hydrogen-bond donors (Lipinski definition) is 0. The molecule has 1 rings (SSSR count). The van der Waals surface area contributed by atoms with Crippen LogP contribution in [0.4, 0.5) is 0 Å². The van der Waals surface area contributed by atoms with Gasteiger partial charge in [-0.1, -0.05) is 44.2 Å². The molecule has 0 fully saturated rings. The quantitative estimate of drug-likeness (QED) is 0.537. The first-order valence-corrected chi connectivity index (χ1v) is 3.26. The van der Waals surface area contributed by atoms with Gasteiger partial charge in [-0.2, -0.15) is 0 Å². The standard InChI is InChI=1S/C9H12/c1-8(2)9-6-4-3-5-7-9/h3-8H,1-2H3/i4T. The van der Waals surface area contributed by atoms with Gasteiger partial charge in [0.2, 0.25) is 0 Å². The third kappa shape index (κ3) is 1.56. The summed E-state index contributed by atoms with van der Waals surface area (Å²) >= 11 is 0. The first kappa shape index (κ1) is 5.04. The predicted molar refractivity (Wildman–Crippen MR) is 40.5 cm³/mol. The molecule has 0 spiro atoms. The van der Waals surface area contributed by atoms with E-state index in [1.807, 2.05) is 12.1 Å². The van der Waals surface area contributed by atoms with Crippen molar-refractivity contribution in [1.82, 2.24) is 0 Å². The topological polar surface area (TPSA) is 0 Å². The van der Waals surface area contributed by atoms with Crippen LogP contribution in [0.15, 0.2) is 30.3 Å². The van der Waals surface area contributed by atoms with Gasteiger partial charge in [0.25, 0.3) is 0 Å². The van der Waals surface area contributed by atoms with Crippen LogP contribution in [-0.2, 0) is 0 Å². The normalized spacial score (nSPS) is 11.7. The maximum Gasteiger partial charge on any atom is 0.0623 e. The second-order valence-corrected chi connectivity index (χ2v) is 2.49. The molecule has 0 heteroatoms. The lowest BCUT2D eigenvalue weighted by molar-refractivity contribution is 0.867. The second kappa shape index (κ2) is 2.67. The van der Waals surface area contributed by atoms with Crippen LogP contribution in [0.3, 0.4) is 0 Å². The van der Waals surface area contributed by atoms with Gasteiger partial charge >= 0.3 is 0 Å². The highest BCUT2D eigenvalue weighted by Gasteiger charge is 1.93. The number of benzene rings is 1. The third-order valence-electron chi connectivity index (χ3n) is 1.40. The van der Waals surface area contributed by atoms with Crippen LogP contribution < -0.4 is 0 Å². The molecule has 0 amide bonds. The van der Waals surface area contributed by atoms with Gasteiger partial charge in [-0.3, -0.25) is 0 Å². The fourth-order valence-corrected chi connectivity index (χ4v) is 0.766. The van der Waals surface area contributed by atoms with Gasteiger partial charge in [0, 0.05) is 0 Å². The second-order valence-electron chi connectivity index (χ2n) is 2.49. The van der Waals surface area contributed by atoms with Gasteiger partial charge in [0.05, 0.1) is 1.37 Å². The minimum absolute atomic E-state index is 0.533. The fourth-order valence-electron chi connectivity index (χ4n) is 0.766. The first-order chi connectivity index (χ1) is 4.70. The maximum atomic E-state index is 7.33. The summed E-state index contributed by atoms with van der Waals surface area (Å²) in [6.45, 7) is 4.27. The molecular formula is C9H12. The van der Waals surface area contributed by atoms with Gasteiger partial charge in [0.1, 0.15) is 0 Å². The van der Waals surface area contributed by atoms with Crippen molar-refractivity contribution in [2.45, 2.75) is 19.8 Å². The molecule has 0 aliphatic heterocycles. The minimum Gasteiger partial charge on any atom is -0.0622 e. The van der Waals surface area contributed by atoms with Crippen LogP contribution in [0.25, 0.3) is 0 Å². The van der Waals surface area contributed by atoms with Crippen LogP contribution in [0, 0.1) is 0 Å². The van der Waals surface area contributed by atoms with E-state index in [1.165, 1.54) is 5.56 Å². The third-order valence-corrected chi connectivity index (χ3v) is 1.40. The highest BCUT2D eigenvalue weighted by Crippen LogP contribution is 2.11. The van der Waals surface area contributed by atoms with Crippen LogP contribution in [0.5, 0.6) is 0 Å². The summed E-state index contributed by atoms with van der Waals surface area (Å²) in [6, 6.07) is 8.29. The summed E-state index contributed by atoms with van der Waals surface area (Å²) in [5.74, 6) is 0.533. The van der Waals surface area contributed by atoms with Gasteiger partial charge in [-0.15, -0.1) is 0 Å². The maximum absolute atomic E-state index is 7.33. The highest BCUT2D eigenvalue weighted by atomic mass is 14.0. The molecule has 48 valence electrons. The molecule has 0 unspecified atom stereocenters. The van der Waals surface area contributed by atoms with Gasteiger partial charge < -0.3 is 0 Å². The van der Waals surface area contributed by atoms with E-state index in [4.69, 9.17) is 1.37 Å². The van der Waals surface area contributed by atoms with Gasteiger partial charge in [-0.05, 0) is 11.5 Å². The Kier molecular flexibility index (Phi) is 1.50. The molecule has 0 heterocycles. The molecule has 1 aromatic carbocycles. The van der Waals surface area contributed by atoms with E-state index in [0.29, 0.717) is 12.0 Å². The molecule has 0 N–H and O–H groups in total. The molecular weight excluding hydrogens is 108 g/mol. The van der Waals surface area contributed by atoms with Crippen molar-refractivity contribution >= 4 is 0 Å². The van der Waals surface area contributed by atoms with E-state index < -0.39 is 0 Å². The van der Waals surface area contributed by atoms with Crippen molar-refractivity contribution in [2.24, 2.45) is 0 Å². The van der Waals surface area contributed by atoms with E-state index in [0.717, 1.165) is 0 Å². The van der Waals surface area contributed by atoms with E-state index in [1.54, 1.807) is 6.07 Å². The average Bonchev–Trinajstić information content (AvgIpc) is 1.88. The van der Waals surface area contributed by atoms with Crippen molar-refractivity contribution in [2.75, 3.05) is 0 Å². The zero-order chi connectivity index (χ0) is 7.56. The molecule has 0 aliphatic rings. The molecule has 0 saturated heterocycles. The van der Waals surface area contributed by atoms with Crippen molar-refractivity contribution in [3.05, 3.63) is 35.9 Å². The average molecular weight is 122 g/mol. The Balaban J connectivity index is 2.96. The Morgan fingerprint density at radius 2 is 2.11 bits per heavy atom. The van der Waals surface area contributed by atoms with Crippen LogP contribution in [0.2, 0.25) is 0 Å². The van der Waals surface area contributed by atoms with Gasteiger partial charge in [-0.25, -0.2) is 0 Å². The molecule has 0 aromatic heterocycles. The highest BCUT2D eigenvalue weighted by molar-refractivity contribution is 5.17. The van der Waals surface area contributed by atoms with Crippen LogP contribution >= 0.6 is 0 Å². The number of rotatable bonds is 1. The monoisotopic (exact) mass is 122 g/mol. The first-order valence-electron chi connectivity index (χ1n) is 3.76. The Labute approximate surface area is 57.9 Å². The zero-order valence-electron chi connectivity index (χ0n) is 6.89. The van der Waals surface area contributed by atoms with E-state index in [-0.39, 0.29) is 0 Å². The lowest BCUT2D eigenvalue weighted by Crippen LogP contribution is -1.83. The summed E-state index contributed by atoms with van der Waals surface area (Å²) in [5.41, 5.74) is 1.24. The fraction of sp³-hybridized carbons (Fsp3) is 0.333. The molecule has 0 aliphatic carbocycles. The summed E-state index contributed by atoms with van der Waals surface area (Å²) in [5, 5.41) is 0. The van der Waals surface area contributed by atoms with Crippen molar-refractivity contribution in [3.63, 3.8) is 0 Å². The lowest BCUT2D eigenvalue weighted by atomic mass is 10.0. The molecule has 0 saturated carbocycles. The molecule has 0 bridgehead atoms. The summed E-state index contributed by atoms with van der Waals surface area (Å²) in [6.07, 6.45) is 0. The largest absolute Gasteiger partial charge is 0.0623 e. The summed E-state index contributed by atoms with van der Waals surface area (Å²) in [7, 11) is 0. The van der Waals surface area contributed by atoms with Gasteiger partial charge in [0.15, 0.2) is 0 Å².